The fraction of sp³-hybridized carbons (Fsp3) is 0.0182. The van der Waals surface area contributed by atoms with Crippen molar-refractivity contribution in [3.8, 4) is 55.6 Å². The minimum Gasteiger partial charge on any atom is -0.310 e. The molecule has 262 valence electrons. The van der Waals surface area contributed by atoms with Crippen molar-refractivity contribution >= 4 is 17.1 Å². The molecule has 0 saturated carbocycles. The van der Waals surface area contributed by atoms with Crippen LogP contribution in [0.4, 0.5) is 17.1 Å². The van der Waals surface area contributed by atoms with E-state index in [2.05, 4.69) is 229 Å². The number of fused-ring (bicyclic) bond motifs is 10. The van der Waals surface area contributed by atoms with E-state index in [0.717, 1.165) is 17.1 Å². The number of benzene rings is 9. The van der Waals surface area contributed by atoms with Crippen LogP contribution in [0.25, 0.3) is 55.6 Å². The second kappa shape index (κ2) is 13.0. The molecule has 56 heavy (non-hydrogen) atoms. The minimum absolute atomic E-state index is 0.421. The first-order chi connectivity index (χ1) is 27.8. The molecule has 0 fully saturated rings. The van der Waals surface area contributed by atoms with Gasteiger partial charge in [-0.05, 0) is 103 Å². The molecule has 2 aliphatic carbocycles. The van der Waals surface area contributed by atoms with Crippen molar-refractivity contribution in [3.05, 3.63) is 247 Å². The van der Waals surface area contributed by atoms with Gasteiger partial charge in [-0.2, -0.15) is 0 Å². The fourth-order valence-electron chi connectivity index (χ4n) is 9.47. The van der Waals surface area contributed by atoms with Crippen LogP contribution >= 0.6 is 0 Å². The van der Waals surface area contributed by atoms with Gasteiger partial charge in [0.2, 0.25) is 0 Å². The molecule has 2 aliphatic rings. The Balaban J connectivity index is 1.10. The van der Waals surface area contributed by atoms with E-state index in [1.165, 1.54) is 77.9 Å². The zero-order valence-electron chi connectivity index (χ0n) is 30.8. The lowest BCUT2D eigenvalue weighted by Gasteiger charge is -2.32. The van der Waals surface area contributed by atoms with Crippen LogP contribution in [0.15, 0.2) is 224 Å². The summed E-state index contributed by atoms with van der Waals surface area (Å²) in [5.41, 5.74) is 20.8. The zero-order valence-corrected chi connectivity index (χ0v) is 30.8. The monoisotopic (exact) mass is 711 g/mol. The summed E-state index contributed by atoms with van der Waals surface area (Å²) in [4.78, 5) is 2.45. The Hall–Kier alpha value is -7.22. The number of anilines is 3. The van der Waals surface area contributed by atoms with Gasteiger partial charge in [0, 0.05) is 16.9 Å². The normalized spacial score (nSPS) is 12.8. The van der Waals surface area contributed by atoms with Crippen molar-refractivity contribution in [2.24, 2.45) is 0 Å². The number of hydrogen-bond acceptors (Lipinski definition) is 1. The second-order valence-electron chi connectivity index (χ2n) is 14.8. The summed E-state index contributed by atoms with van der Waals surface area (Å²) in [6, 6.07) is 82.4. The SMILES string of the molecule is c1ccc(-c2ccc(-c3ccc(N(c4ccc5c(c4)C4(c6ccccc6-c6ccccc64)c4ccccc4-5)c4ccccc4-c4ccccc4)cc3)cc2)cc1. The van der Waals surface area contributed by atoms with E-state index in [1.807, 2.05) is 0 Å². The number of nitrogens with zero attached hydrogens (tertiary/aromatic N) is 1. The Labute approximate surface area is 328 Å². The Bertz CT molecular complexity index is 2820. The van der Waals surface area contributed by atoms with Crippen LogP contribution in [0.3, 0.4) is 0 Å². The van der Waals surface area contributed by atoms with Gasteiger partial charge in [0.05, 0.1) is 11.1 Å². The van der Waals surface area contributed by atoms with E-state index in [-0.39, 0.29) is 0 Å². The van der Waals surface area contributed by atoms with E-state index in [1.54, 1.807) is 0 Å². The Morgan fingerprint density at radius 3 is 1.16 bits per heavy atom. The average Bonchev–Trinajstić information content (AvgIpc) is 3.75. The molecule has 0 unspecified atom stereocenters. The van der Waals surface area contributed by atoms with Crippen molar-refractivity contribution < 1.29 is 0 Å². The van der Waals surface area contributed by atoms with Crippen LogP contribution in [0, 0.1) is 0 Å². The van der Waals surface area contributed by atoms with E-state index in [0.29, 0.717) is 0 Å². The van der Waals surface area contributed by atoms with Gasteiger partial charge in [-0.25, -0.2) is 0 Å². The summed E-state index contributed by atoms with van der Waals surface area (Å²) in [6.07, 6.45) is 0. The summed E-state index contributed by atoms with van der Waals surface area (Å²) >= 11 is 0. The molecular formula is C55H37N. The molecule has 0 aliphatic heterocycles. The lowest BCUT2D eigenvalue weighted by Crippen LogP contribution is -2.26. The first-order valence-electron chi connectivity index (χ1n) is 19.4. The molecule has 0 heterocycles. The Kier molecular flexibility index (Phi) is 7.47. The van der Waals surface area contributed by atoms with E-state index < -0.39 is 5.41 Å². The third-order valence-corrected chi connectivity index (χ3v) is 11.9. The van der Waals surface area contributed by atoms with E-state index >= 15 is 0 Å². The highest BCUT2D eigenvalue weighted by Gasteiger charge is 2.51. The van der Waals surface area contributed by atoms with Crippen molar-refractivity contribution in [2.75, 3.05) is 4.90 Å². The third kappa shape index (κ3) is 4.88. The quantitative estimate of drug-likeness (QED) is 0.166. The van der Waals surface area contributed by atoms with Crippen LogP contribution in [0.1, 0.15) is 22.3 Å². The molecule has 0 bridgehead atoms. The average molecular weight is 712 g/mol. The molecule has 1 nitrogen and oxygen atoms in total. The fourth-order valence-corrected chi connectivity index (χ4v) is 9.47. The van der Waals surface area contributed by atoms with Gasteiger partial charge >= 0.3 is 0 Å². The summed E-state index contributed by atoms with van der Waals surface area (Å²) in [7, 11) is 0. The van der Waals surface area contributed by atoms with Crippen LogP contribution in [0.5, 0.6) is 0 Å². The smallest absolute Gasteiger partial charge is 0.0726 e. The topological polar surface area (TPSA) is 3.24 Å². The molecule has 1 heteroatoms. The molecule has 0 saturated heterocycles. The molecule has 9 aromatic rings. The third-order valence-electron chi connectivity index (χ3n) is 11.9. The van der Waals surface area contributed by atoms with Gasteiger partial charge in [-0.3, -0.25) is 0 Å². The van der Waals surface area contributed by atoms with Gasteiger partial charge in [0.25, 0.3) is 0 Å². The van der Waals surface area contributed by atoms with Crippen LogP contribution in [0.2, 0.25) is 0 Å². The van der Waals surface area contributed by atoms with E-state index in [9.17, 15) is 0 Å². The van der Waals surface area contributed by atoms with Crippen LogP contribution < -0.4 is 4.90 Å². The van der Waals surface area contributed by atoms with Gasteiger partial charge < -0.3 is 4.90 Å². The van der Waals surface area contributed by atoms with Crippen LogP contribution in [-0.2, 0) is 5.41 Å². The lowest BCUT2D eigenvalue weighted by atomic mass is 9.70. The lowest BCUT2D eigenvalue weighted by molar-refractivity contribution is 0.793. The van der Waals surface area contributed by atoms with Gasteiger partial charge in [0.15, 0.2) is 0 Å². The summed E-state index contributed by atoms with van der Waals surface area (Å²) in [6.45, 7) is 0. The van der Waals surface area contributed by atoms with Crippen molar-refractivity contribution in [1.82, 2.24) is 0 Å². The zero-order chi connectivity index (χ0) is 37.1. The standard InChI is InChI=1S/C55H37N/c1-3-15-38(16-4-1)39-27-29-40(30-28-39)41-31-33-43(34-32-41)56(54-26-14-10-19-45(54)42-17-5-2-6-18-42)44-35-36-49-48-22-9-13-25-52(48)55(53(49)37-44)50-23-11-7-20-46(50)47-21-8-12-24-51(47)55/h1-37H. The molecule has 11 rings (SSSR count). The molecule has 1 spiro atoms. The highest BCUT2D eigenvalue weighted by atomic mass is 15.1. The number of rotatable bonds is 6. The maximum Gasteiger partial charge on any atom is 0.0726 e. The Morgan fingerprint density at radius 1 is 0.250 bits per heavy atom. The molecule has 0 amide bonds. The van der Waals surface area contributed by atoms with Gasteiger partial charge in [0.1, 0.15) is 0 Å². The van der Waals surface area contributed by atoms with Crippen LogP contribution in [-0.4, -0.2) is 0 Å². The van der Waals surface area contributed by atoms with Crippen molar-refractivity contribution in [1.29, 1.82) is 0 Å². The number of para-hydroxylation sites is 1. The van der Waals surface area contributed by atoms with Crippen molar-refractivity contribution in [3.63, 3.8) is 0 Å². The largest absolute Gasteiger partial charge is 0.310 e. The Morgan fingerprint density at radius 2 is 0.625 bits per heavy atom. The maximum atomic E-state index is 2.48. The first-order valence-corrected chi connectivity index (χ1v) is 19.4. The predicted octanol–water partition coefficient (Wildman–Crippen LogP) is 14.5. The van der Waals surface area contributed by atoms with Crippen molar-refractivity contribution in [2.45, 2.75) is 5.41 Å². The maximum absolute atomic E-state index is 2.48. The molecule has 9 aromatic carbocycles. The highest BCUT2D eigenvalue weighted by molar-refractivity contribution is 5.97. The molecule has 0 N–H and O–H groups in total. The van der Waals surface area contributed by atoms with Gasteiger partial charge in [-0.15, -0.1) is 0 Å². The number of hydrogen-bond donors (Lipinski definition) is 0. The molecular weight excluding hydrogens is 675 g/mol. The van der Waals surface area contributed by atoms with E-state index in [4.69, 9.17) is 0 Å². The summed E-state index contributed by atoms with van der Waals surface area (Å²) < 4.78 is 0. The first kappa shape index (κ1) is 32.2. The predicted molar refractivity (Wildman–Crippen MR) is 234 cm³/mol. The molecule has 0 atom stereocenters. The molecule has 0 radical (unpaired) electrons. The van der Waals surface area contributed by atoms with Gasteiger partial charge in [-0.1, -0.05) is 194 Å². The highest BCUT2D eigenvalue weighted by Crippen LogP contribution is 2.63. The summed E-state index contributed by atoms with van der Waals surface area (Å²) in [5.74, 6) is 0. The second-order valence-corrected chi connectivity index (χ2v) is 14.8. The molecule has 0 aromatic heterocycles. The summed E-state index contributed by atoms with van der Waals surface area (Å²) in [5, 5.41) is 0. The minimum atomic E-state index is -0.421.